The summed E-state index contributed by atoms with van der Waals surface area (Å²) in [4.78, 5) is 24.6. The molecule has 0 unspecified atom stereocenters. The number of phenols is 1. The van der Waals surface area contributed by atoms with Crippen molar-refractivity contribution in [2.45, 2.75) is 6.92 Å². The van der Waals surface area contributed by atoms with Crippen LogP contribution in [0.15, 0.2) is 71.8 Å². The van der Waals surface area contributed by atoms with Crippen molar-refractivity contribution in [3.63, 3.8) is 0 Å². The number of amides is 2. The summed E-state index contributed by atoms with van der Waals surface area (Å²) in [6, 6.07) is 18.7. The number of para-hydroxylation sites is 1. The topological polar surface area (TPSA) is 100 Å². The number of hydrogen-bond donors (Lipinski definition) is 3. The van der Waals surface area contributed by atoms with Crippen LogP contribution in [0.2, 0.25) is 0 Å². The lowest BCUT2D eigenvalue weighted by atomic mass is 10.1. The summed E-state index contributed by atoms with van der Waals surface area (Å²) in [5, 5.41) is 16.7. The van der Waals surface area contributed by atoms with Gasteiger partial charge < -0.3 is 15.2 Å². The van der Waals surface area contributed by atoms with Crippen molar-refractivity contribution in [3.05, 3.63) is 89.0 Å². The van der Waals surface area contributed by atoms with Crippen molar-refractivity contribution in [2.24, 2.45) is 5.10 Å². The van der Waals surface area contributed by atoms with Gasteiger partial charge in [0.1, 0.15) is 0 Å². The summed E-state index contributed by atoms with van der Waals surface area (Å²) in [6.07, 6.45) is 1.33. The van der Waals surface area contributed by atoms with E-state index in [2.05, 4.69) is 15.8 Å². The maximum absolute atomic E-state index is 12.4. The molecule has 0 radical (unpaired) electrons. The number of anilines is 1. The number of carbonyl (C=O) groups excluding carboxylic acids is 2. The van der Waals surface area contributed by atoms with E-state index >= 15 is 0 Å². The quantitative estimate of drug-likeness (QED) is 0.431. The van der Waals surface area contributed by atoms with Crippen molar-refractivity contribution >= 4 is 23.7 Å². The van der Waals surface area contributed by atoms with Gasteiger partial charge in [0.05, 0.1) is 13.3 Å². The van der Waals surface area contributed by atoms with Gasteiger partial charge in [-0.15, -0.1) is 0 Å². The second kappa shape index (κ2) is 9.38. The first-order valence-corrected chi connectivity index (χ1v) is 9.16. The second-order valence-electron chi connectivity index (χ2n) is 6.44. The van der Waals surface area contributed by atoms with Gasteiger partial charge in [-0.05, 0) is 55.0 Å². The van der Waals surface area contributed by atoms with Gasteiger partial charge in [0.2, 0.25) is 0 Å². The molecule has 0 saturated heterocycles. The van der Waals surface area contributed by atoms with Crippen LogP contribution in [0.3, 0.4) is 0 Å². The summed E-state index contributed by atoms with van der Waals surface area (Å²) >= 11 is 0. The van der Waals surface area contributed by atoms with Crippen LogP contribution in [0.4, 0.5) is 5.69 Å². The molecule has 0 heterocycles. The van der Waals surface area contributed by atoms with Gasteiger partial charge in [0.25, 0.3) is 11.8 Å². The average molecular weight is 403 g/mol. The molecule has 0 saturated carbocycles. The van der Waals surface area contributed by atoms with Gasteiger partial charge in [-0.1, -0.05) is 24.3 Å². The Morgan fingerprint density at radius 1 is 0.967 bits per heavy atom. The van der Waals surface area contributed by atoms with Crippen molar-refractivity contribution in [2.75, 3.05) is 12.4 Å². The molecule has 0 aromatic heterocycles. The van der Waals surface area contributed by atoms with Crippen molar-refractivity contribution in [1.29, 1.82) is 0 Å². The molecule has 0 aliphatic rings. The Morgan fingerprint density at radius 3 is 2.40 bits per heavy atom. The third kappa shape index (κ3) is 4.82. The molecule has 0 fully saturated rings. The highest BCUT2D eigenvalue weighted by Gasteiger charge is 2.10. The standard InChI is InChI=1S/C23H21N3O4/c1-15-6-3-4-8-19(15)23(29)25-18-12-10-16(11-13-18)22(28)26-24-14-17-7-5-9-20(30-2)21(17)27/h3-14,27H,1-2H3,(H,25,29)(H,26,28)/b24-14-. The Hall–Kier alpha value is -4.13. The zero-order valence-electron chi connectivity index (χ0n) is 16.5. The highest BCUT2D eigenvalue weighted by molar-refractivity contribution is 6.05. The number of benzene rings is 3. The number of rotatable bonds is 6. The van der Waals surface area contributed by atoms with E-state index in [9.17, 15) is 14.7 Å². The predicted octanol–water partition coefficient (Wildman–Crippen LogP) is 3.73. The molecule has 0 bridgehead atoms. The maximum Gasteiger partial charge on any atom is 0.271 e. The van der Waals surface area contributed by atoms with E-state index in [0.717, 1.165) is 5.56 Å². The van der Waals surface area contributed by atoms with Crippen LogP contribution in [0.5, 0.6) is 11.5 Å². The molecule has 7 nitrogen and oxygen atoms in total. The Morgan fingerprint density at radius 2 is 1.70 bits per heavy atom. The summed E-state index contributed by atoms with van der Waals surface area (Å²) in [6.45, 7) is 1.87. The monoisotopic (exact) mass is 403 g/mol. The first-order valence-electron chi connectivity index (χ1n) is 9.16. The van der Waals surface area contributed by atoms with E-state index < -0.39 is 5.91 Å². The number of phenolic OH excluding ortho intramolecular Hbond substituents is 1. The minimum Gasteiger partial charge on any atom is -0.504 e. The number of hydrazone groups is 1. The fraction of sp³-hybridized carbons (Fsp3) is 0.0870. The molecule has 0 atom stereocenters. The Balaban J connectivity index is 1.61. The molecule has 30 heavy (non-hydrogen) atoms. The molecule has 3 aromatic rings. The fourth-order valence-electron chi connectivity index (χ4n) is 2.76. The van der Waals surface area contributed by atoms with Crippen molar-refractivity contribution in [3.8, 4) is 11.5 Å². The summed E-state index contributed by atoms with van der Waals surface area (Å²) < 4.78 is 5.03. The van der Waals surface area contributed by atoms with Gasteiger partial charge >= 0.3 is 0 Å². The lowest BCUT2D eigenvalue weighted by molar-refractivity contribution is 0.0954. The largest absolute Gasteiger partial charge is 0.504 e. The predicted molar refractivity (Wildman–Crippen MR) is 115 cm³/mol. The number of ether oxygens (including phenoxy) is 1. The van der Waals surface area contributed by atoms with Crippen LogP contribution >= 0.6 is 0 Å². The first kappa shape index (κ1) is 20.6. The molecular weight excluding hydrogens is 382 g/mol. The van der Waals surface area contributed by atoms with Gasteiger partial charge in [-0.25, -0.2) is 5.43 Å². The van der Waals surface area contributed by atoms with Crippen LogP contribution in [0, 0.1) is 6.92 Å². The number of nitrogens with zero attached hydrogens (tertiary/aromatic N) is 1. The number of carbonyl (C=O) groups is 2. The highest BCUT2D eigenvalue weighted by atomic mass is 16.5. The van der Waals surface area contributed by atoms with E-state index in [1.807, 2.05) is 19.1 Å². The molecule has 0 aliphatic carbocycles. The molecule has 7 heteroatoms. The smallest absolute Gasteiger partial charge is 0.271 e. The molecule has 3 N–H and O–H groups in total. The minimum absolute atomic E-state index is 0.0632. The van der Waals surface area contributed by atoms with Crippen LogP contribution in [0.1, 0.15) is 31.8 Å². The van der Waals surface area contributed by atoms with Crippen molar-refractivity contribution < 1.29 is 19.4 Å². The summed E-state index contributed by atoms with van der Waals surface area (Å²) in [7, 11) is 1.45. The molecule has 152 valence electrons. The number of methoxy groups -OCH3 is 1. The SMILES string of the molecule is COc1cccc(/C=N\NC(=O)c2ccc(NC(=O)c3ccccc3C)cc2)c1O. The minimum atomic E-state index is -0.426. The Labute approximate surface area is 174 Å². The third-order valence-electron chi connectivity index (χ3n) is 4.41. The zero-order chi connectivity index (χ0) is 21.5. The summed E-state index contributed by atoms with van der Waals surface area (Å²) in [5.41, 5.74) is 5.22. The van der Waals surface area contributed by atoms with E-state index in [0.29, 0.717) is 28.1 Å². The van der Waals surface area contributed by atoms with Gasteiger partial charge in [-0.3, -0.25) is 9.59 Å². The van der Waals surface area contributed by atoms with Gasteiger partial charge in [0, 0.05) is 22.4 Å². The number of aryl methyl sites for hydroxylation is 1. The maximum atomic E-state index is 12.4. The Kier molecular flexibility index (Phi) is 6.44. The van der Waals surface area contributed by atoms with E-state index in [-0.39, 0.29) is 11.7 Å². The van der Waals surface area contributed by atoms with Crippen LogP contribution in [-0.2, 0) is 0 Å². The van der Waals surface area contributed by atoms with E-state index in [1.165, 1.54) is 13.3 Å². The number of nitrogens with one attached hydrogen (secondary N) is 2. The molecule has 2 amide bonds. The van der Waals surface area contributed by atoms with E-state index in [1.54, 1.807) is 54.6 Å². The molecule has 3 aromatic carbocycles. The fourth-order valence-corrected chi connectivity index (χ4v) is 2.76. The zero-order valence-corrected chi connectivity index (χ0v) is 16.5. The van der Waals surface area contributed by atoms with Crippen LogP contribution < -0.4 is 15.5 Å². The second-order valence-corrected chi connectivity index (χ2v) is 6.44. The molecule has 0 aliphatic heterocycles. The molecule has 3 rings (SSSR count). The Bertz CT molecular complexity index is 1090. The molecule has 0 spiro atoms. The van der Waals surface area contributed by atoms with Gasteiger partial charge in [0.15, 0.2) is 11.5 Å². The van der Waals surface area contributed by atoms with Crippen LogP contribution in [0.25, 0.3) is 0 Å². The summed E-state index contributed by atoms with van der Waals surface area (Å²) in [5.74, 6) is -0.390. The molecular formula is C23H21N3O4. The first-order chi connectivity index (χ1) is 14.5. The number of hydrogen-bond acceptors (Lipinski definition) is 5. The normalized spacial score (nSPS) is 10.6. The lowest BCUT2D eigenvalue weighted by Gasteiger charge is -2.08. The van der Waals surface area contributed by atoms with Crippen LogP contribution in [-0.4, -0.2) is 30.2 Å². The van der Waals surface area contributed by atoms with E-state index in [4.69, 9.17) is 4.74 Å². The van der Waals surface area contributed by atoms with Gasteiger partial charge in [-0.2, -0.15) is 5.10 Å². The lowest BCUT2D eigenvalue weighted by Crippen LogP contribution is -2.18. The number of aromatic hydroxyl groups is 1. The van der Waals surface area contributed by atoms with Crippen molar-refractivity contribution in [1.82, 2.24) is 5.43 Å². The average Bonchev–Trinajstić information content (AvgIpc) is 2.75. The third-order valence-corrected chi connectivity index (χ3v) is 4.41. The highest BCUT2D eigenvalue weighted by Crippen LogP contribution is 2.27.